The fourth-order valence-corrected chi connectivity index (χ4v) is 2.89. The molecule has 5 nitrogen and oxygen atoms in total. The van der Waals surface area contributed by atoms with E-state index in [0.29, 0.717) is 6.42 Å². The van der Waals surface area contributed by atoms with Gasteiger partial charge in [0.25, 0.3) is 5.56 Å². The third kappa shape index (κ3) is 2.44. The van der Waals surface area contributed by atoms with Crippen LogP contribution in [0.4, 0.5) is 0 Å². The summed E-state index contributed by atoms with van der Waals surface area (Å²) in [6.07, 6.45) is 2.69. The maximum atomic E-state index is 12.3. The Hall–Kier alpha value is -2.82. The molecule has 3 rings (SSSR count). The Morgan fingerprint density at radius 3 is 2.74 bits per heavy atom. The first-order valence-electron chi connectivity index (χ1n) is 7.45. The van der Waals surface area contributed by atoms with E-state index in [-0.39, 0.29) is 5.56 Å². The Labute approximate surface area is 133 Å². The predicted molar refractivity (Wildman–Crippen MR) is 89.7 cm³/mol. The van der Waals surface area contributed by atoms with Crippen molar-refractivity contribution < 1.29 is 9.53 Å². The van der Waals surface area contributed by atoms with Crippen molar-refractivity contribution in [3.63, 3.8) is 0 Å². The van der Waals surface area contributed by atoms with Crippen LogP contribution in [0.3, 0.4) is 0 Å². The summed E-state index contributed by atoms with van der Waals surface area (Å²) in [5, 5.41) is 1.06. The van der Waals surface area contributed by atoms with Crippen molar-refractivity contribution in [3.05, 3.63) is 58.0 Å². The number of ether oxygens (including phenoxy) is 1. The lowest BCUT2D eigenvalue weighted by atomic mass is 10.0. The summed E-state index contributed by atoms with van der Waals surface area (Å²) in [5.41, 5.74) is 3.30. The number of aromatic nitrogens is 2. The second kappa shape index (κ2) is 5.76. The van der Waals surface area contributed by atoms with Gasteiger partial charge in [0.1, 0.15) is 5.56 Å². The summed E-state index contributed by atoms with van der Waals surface area (Å²) in [6.45, 7) is 1.99. The molecule has 3 aromatic rings. The van der Waals surface area contributed by atoms with Crippen molar-refractivity contribution in [1.29, 1.82) is 0 Å². The van der Waals surface area contributed by atoms with Crippen LogP contribution in [-0.2, 0) is 18.2 Å². The first-order valence-corrected chi connectivity index (χ1v) is 7.45. The van der Waals surface area contributed by atoms with Gasteiger partial charge in [-0.3, -0.25) is 4.79 Å². The summed E-state index contributed by atoms with van der Waals surface area (Å²) in [6, 6.07) is 9.64. The van der Waals surface area contributed by atoms with E-state index < -0.39 is 11.5 Å². The zero-order valence-corrected chi connectivity index (χ0v) is 13.3. The third-order valence-electron chi connectivity index (χ3n) is 4.08. The maximum absolute atomic E-state index is 12.3. The van der Waals surface area contributed by atoms with E-state index in [1.54, 1.807) is 6.07 Å². The fourth-order valence-electron chi connectivity index (χ4n) is 2.89. The highest BCUT2D eigenvalue weighted by molar-refractivity contribution is 5.96. The van der Waals surface area contributed by atoms with Crippen molar-refractivity contribution in [2.75, 3.05) is 7.11 Å². The zero-order chi connectivity index (χ0) is 16.6. The van der Waals surface area contributed by atoms with Gasteiger partial charge in [0.2, 0.25) is 0 Å². The van der Waals surface area contributed by atoms with Gasteiger partial charge in [-0.15, -0.1) is 0 Å². The number of methoxy groups -OCH3 is 1. The van der Waals surface area contributed by atoms with E-state index in [2.05, 4.69) is 9.72 Å². The Balaban J connectivity index is 2.29. The molecule has 0 bridgehead atoms. The monoisotopic (exact) mass is 310 g/mol. The first kappa shape index (κ1) is 15.1. The van der Waals surface area contributed by atoms with Crippen molar-refractivity contribution in [2.45, 2.75) is 13.3 Å². The summed E-state index contributed by atoms with van der Waals surface area (Å²) < 4.78 is 6.70. The summed E-state index contributed by atoms with van der Waals surface area (Å²) >= 11 is 0. The van der Waals surface area contributed by atoms with Crippen molar-refractivity contribution in [3.8, 4) is 11.3 Å². The number of benzene rings is 1. The normalized spacial score (nSPS) is 10.9. The van der Waals surface area contributed by atoms with Crippen molar-refractivity contribution in [2.24, 2.45) is 7.05 Å². The van der Waals surface area contributed by atoms with Gasteiger partial charge in [-0.1, -0.05) is 25.1 Å². The van der Waals surface area contributed by atoms with E-state index in [1.807, 2.05) is 49.0 Å². The molecule has 5 heteroatoms. The smallest absolute Gasteiger partial charge is 0.343 e. The highest BCUT2D eigenvalue weighted by Gasteiger charge is 2.17. The number of carbonyl (C=O) groups is 1. The van der Waals surface area contributed by atoms with Gasteiger partial charge < -0.3 is 14.3 Å². The average Bonchev–Trinajstić information content (AvgIpc) is 2.91. The standard InChI is InChI=1S/C18H18N2O3/c1-4-11-9-13(18(22)23-3)17(21)19-16(11)14-10-20(2)15-8-6-5-7-12(14)15/h5-10H,4H2,1-3H3,(H,19,21). The molecule has 0 saturated heterocycles. The van der Waals surface area contributed by atoms with Gasteiger partial charge in [-0.25, -0.2) is 4.79 Å². The number of pyridine rings is 1. The van der Waals surface area contributed by atoms with Gasteiger partial charge in [0.05, 0.1) is 12.8 Å². The van der Waals surface area contributed by atoms with Gasteiger partial charge in [0, 0.05) is 29.7 Å². The molecular formula is C18H18N2O3. The van der Waals surface area contributed by atoms with Crippen LogP contribution in [-0.4, -0.2) is 22.6 Å². The molecule has 0 aliphatic rings. The Kier molecular flexibility index (Phi) is 3.78. The first-order chi connectivity index (χ1) is 11.1. The Morgan fingerprint density at radius 2 is 2.04 bits per heavy atom. The second-order valence-corrected chi connectivity index (χ2v) is 5.43. The summed E-state index contributed by atoms with van der Waals surface area (Å²) in [5.74, 6) is -0.620. The minimum absolute atomic E-state index is 0.0355. The number of para-hydroxylation sites is 1. The van der Waals surface area contributed by atoms with Crippen LogP contribution in [0.1, 0.15) is 22.8 Å². The maximum Gasteiger partial charge on any atom is 0.343 e. The predicted octanol–water partition coefficient (Wildman–Crippen LogP) is 2.88. The van der Waals surface area contributed by atoms with Gasteiger partial charge >= 0.3 is 5.97 Å². The number of hydrogen-bond acceptors (Lipinski definition) is 3. The van der Waals surface area contributed by atoms with Crippen LogP contribution >= 0.6 is 0 Å². The lowest BCUT2D eigenvalue weighted by molar-refractivity contribution is 0.0598. The molecule has 0 atom stereocenters. The number of fused-ring (bicyclic) bond motifs is 1. The molecule has 1 N–H and O–H groups in total. The number of nitrogens with zero attached hydrogens (tertiary/aromatic N) is 1. The lowest BCUT2D eigenvalue weighted by Gasteiger charge is -2.09. The van der Waals surface area contributed by atoms with Crippen LogP contribution in [0.2, 0.25) is 0 Å². The topological polar surface area (TPSA) is 64.1 Å². The largest absolute Gasteiger partial charge is 0.465 e. The Morgan fingerprint density at radius 1 is 1.30 bits per heavy atom. The van der Waals surface area contributed by atoms with Crippen LogP contribution in [0.25, 0.3) is 22.2 Å². The fraction of sp³-hybridized carbons (Fsp3) is 0.222. The van der Waals surface area contributed by atoms with Crippen LogP contribution in [0.15, 0.2) is 41.3 Å². The highest BCUT2D eigenvalue weighted by atomic mass is 16.5. The summed E-state index contributed by atoms with van der Waals surface area (Å²) in [7, 11) is 3.24. The molecule has 0 spiro atoms. The quantitative estimate of drug-likeness (QED) is 0.757. The average molecular weight is 310 g/mol. The Bertz CT molecular complexity index is 951. The summed E-state index contributed by atoms with van der Waals surface area (Å²) in [4.78, 5) is 26.8. The van der Waals surface area contributed by atoms with Crippen LogP contribution in [0.5, 0.6) is 0 Å². The van der Waals surface area contributed by atoms with E-state index in [1.165, 1.54) is 7.11 Å². The molecule has 2 aromatic heterocycles. The van der Waals surface area contributed by atoms with Crippen LogP contribution < -0.4 is 5.56 Å². The molecule has 118 valence electrons. The van der Waals surface area contributed by atoms with E-state index in [9.17, 15) is 9.59 Å². The molecule has 0 fully saturated rings. The van der Waals surface area contributed by atoms with Gasteiger partial charge in [-0.2, -0.15) is 0 Å². The number of nitrogens with one attached hydrogen (secondary N) is 1. The molecular weight excluding hydrogens is 292 g/mol. The minimum Gasteiger partial charge on any atom is -0.465 e. The van der Waals surface area contributed by atoms with Crippen LogP contribution in [0, 0.1) is 0 Å². The van der Waals surface area contributed by atoms with E-state index in [4.69, 9.17) is 0 Å². The van der Waals surface area contributed by atoms with Crippen molar-refractivity contribution in [1.82, 2.24) is 9.55 Å². The van der Waals surface area contributed by atoms with Gasteiger partial charge in [0.15, 0.2) is 0 Å². The minimum atomic E-state index is -0.620. The van der Waals surface area contributed by atoms with Crippen molar-refractivity contribution >= 4 is 16.9 Å². The molecule has 0 radical (unpaired) electrons. The molecule has 1 aromatic carbocycles. The molecule has 0 aliphatic heterocycles. The number of esters is 1. The highest BCUT2D eigenvalue weighted by Crippen LogP contribution is 2.30. The molecule has 0 unspecified atom stereocenters. The number of carbonyl (C=O) groups excluding carboxylic acids is 1. The SMILES string of the molecule is CCc1cc(C(=O)OC)c(=O)[nH]c1-c1cn(C)c2ccccc12. The second-order valence-electron chi connectivity index (χ2n) is 5.43. The zero-order valence-electron chi connectivity index (χ0n) is 13.3. The molecule has 23 heavy (non-hydrogen) atoms. The molecule has 0 amide bonds. The third-order valence-corrected chi connectivity index (χ3v) is 4.08. The van der Waals surface area contributed by atoms with E-state index in [0.717, 1.165) is 27.7 Å². The molecule has 2 heterocycles. The lowest BCUT2D eigenvalue weighted by Crippen LogP contribution is -2.20. The number of aryl methyl sites for hydroxylation is 2. The molecule has 0 aliphatic carbocycles. The molecule has 0 saturated carbocycles. The van der Waals surface area contributed by atoms with E-state index >= 15 is 0 Å². The number of hydrogen-bond donors (Lipinski definition) is 1. The number of rotatable bonds is 3. The number of H-pyrrole nitrogens is 1. The van der Waals surface area contributed by atoms with Gasteiger partial charge in [-0.05, 0) is 24.1 Å². The number of aromatic amines is 1.